The van der Waals surface area contributed by atoms with Crippen LogP contribution in [0, 0.1) is 12.3 Å². The average Bonchev–Trinajstić information content (AvgIpc) is 3.21. The molecular weight excluding hydrogens is 374 g/mol. The van der Waals surface area contributed by atoms with Crippen LogP contribution < -0.4 is 10.6 Å². The van der Waals surface area contributed by atoms with Crippen LogP contribution in [-0.4, -0.2) is 28.9 Å². The van der Waals surface area contributed by atoms with Gasteiger partial charge in [0, 0.05) is 17.3 Å². The molecule has 2 aromatic carbocycles. The predicted octanol–water partition coefficient (Wildman–Crippen LogP) is 3.82. The van der Waals surface area contributed by atoms with Gasteiger partial charge < -0.3 is 15.6 Å². The highest BCUT2D eigenvalue weighted by Gasteiger charge is 2.24. The van der Waals surface area contributed by atoms with Crippen molar-refractivity contribution >= 4 is 22.7 Å². The number of hydrogen-bond donors (Lipinski definition) is 3. The van der Waals surface area contributed by atoms with Crippen LogP contribution in [0.2, 0.25) is 0 Å². The Balaban J connectivity index is 1.76. The maximum absolute atomic E-state index is 13.0. The van der Waals surface area contributed by atoms with Gasteiger partial charge in [-0.05, 0) is 24.1 Å². The minimum atomic E-state index is -0.733. The van der Waals surface area contributed by atoms with E-state index in [1.54, 1.807) is 6.07 Å². The zero-order chi connectivity index (χ0) is 21.3. The molecule has 0 bridgehead atoms. The number of terminal acetylenes is 1. The quantitative estimate of drug-likeness (QED) is 0.477. The Labute approximate surface area is 177 Å². The van der Waals surface area contributed by atoms with Gasteiger partial charge in [-0.25, -0.2) is 0 Å². The average molecular weight is 402 g/mol. The topological polar surface area (TPSA) is 74.0 Å². The van der Waals surface area contributed by atoms with E-state index in [0.29, 0.717) is 18.5 Å². The lowest BCUT2D eigenvalue weighted by Crippen LogP contribution is -2.50. The Hall–Kier alpha value is -3.52. The minimum Gasteiger partial charge on any atom is -0.351 e. The number of benzene rings is 2. The fourth-order valence-corrected chi connectivity index (χ4v) is 3.37. The van der Waals surface area contributed by atoms with Gasteiger partial charge in [0.1, 0.15) is 11.7 Å². The smallest absolute Gasteiger partial charge is 0.268 e. The molecule has 0 aliphatic heterocycles. The molecule has 0 saturated carbocycles. The fourth-order valence-electron chi connectivity index (χ4n) is 3.37. The first-order chi connectivity index (χ1) is 14.6. The number of unbranched alkanes of at least 4 members (excludes halogenated alkanes) is 1. The van der Waals surface area contributed by atoms with Gasteiger partial charge in [0.05, 0.1) is 6.04 Å². The molecule has 30 heavy (non-hydrogen) atoms. The maximum Gasteiger partial charge on any atom is 0.268 e. The van der Waals surface area contributed by atoms with Gasteiger partial charge in [0.2, 0.25) is 5.91 Å². The van der Waals surface area contributed by atoms with Crippen molar-refractivity contribution in [1.82, 2.24) is 15.6 Å². The number of amides is 2. The summed E-state index contributed by atoms with van der Waals surface area (Å²) in [5, 5.41) is 6.73. The minimum absolute atomic E-state index is 0.276. The number of aromatic nitrogens is 1. The molecule has 0 aliphatic carbocycles. The molecular formula is C25H27N3O2. The van der Waals surface area contributed by atoms with Crippen molar-refractivity contribution in [3.8, 4) is 12.3 Å². The van der Waals surface area contributed by atoms with Crippen molar-refractivity contribution in [2.24, 2.45) is 0 Å². The molecule has 2 atom stereocenters. The number of H-pyrrole nitrogens is 1. The number of hydrogen-bond acceptors (Lipinski definition) is 2. The highest BCUT2D eigenvalue weighted by Crippen LogP contribution is 2.15. The first kappa shape index (κ1) is 21.2. The molecule has 3 rings (SSSR count). The molecule has 0 aliphatic rings. The Morgan fingerprint density at radius 3 is 2.50 bits per heavy atom. The van der Waals surface area contributed by atoms with E-state index in [9.17, 15) is 9.59 Å². The van der Waals surface area contributed by atoms with E-state index in [1.165, 1.54) is 0 Å². The molecule has 3 aromatic rings. The molecule has 1 aromatic heterocycles. The second-order valence-corrected chi connectivity index (χ2v) is 7.36. The van der Waals surface area contributed by atoms with E-state index < -0.39 is 6.04 Å². The van der Waals surface area contributed by atoms with Crippen LogP contribution in [0.3, 0.4) is 0 Å². The number of fused-ring (bicyclic) bond motifs is 1. The summed E-state index contributed by atoms with van der Waals surface area (Å²) < 4.78 is 0. The molecule has 2 amide bonds. The van der Waals surface area contributed by atoms with E-state index in [2.05, 4.69) is 28.5 Å². The zero-order valence-corrected chi connectivity index (χ0v) is 17.2. The van der Waals surface area contributed by atoms with Crippen molar-refractivity contribution in [2.45, 2.75) is 44.7 Å². The number of aromatic amines is 1. The molecule has 5 nitrogen and oxygen atoms in total. The van der Waals surface area contributed by atoms with Crippen LogP contribution in [0.1, 0.15) is 42.2 Å². The summed E-state index contributed by atoms with van der Waals surface area (Å²) in [6.45, 7) is 2.08. The lowest BCUT2D eigenvalue weighted by Gasteiger charge is -2.21. The SMILES string of the molecule is C#C[C@H](CCCC)NC(=O)[C@H](Cc1ccccc1)NC(=O)c1cc2ccccc2[nH]1. The third-order valence-corrected chi connectivity index (χ3v) is 5.04. The first-order valence-corrected chi connectivity index (χ1v) is 10.3. The van der Waals surface area contributed by atoms with Gasteiger partial charge in [0.15, 0.2) is 0 Å². The van der Waals surface area contributed by atoms with Gasteiger partial charge in [-0.15, -0.1) is 6.42 Å². The summed E-state index contributed by atoms with van der Waals surface area (Å²) in [7, 11) is 0. The lowest BCUT2D eigenvalue weighted by atomic mass is 10.0. The van der Waals surface area contributed by atoms with Crippen LogP contribution in [0.4, 0.5) is 0 Å². The molecule has 1 heterocycles. The Bertz CT molecular complexity index is 1000. The summed E-state index contributed by atoms with van der Waals surface area (Å²) in [5.74, 6) is 2.04. The number of carbonyl (C=O) groups excluding carboxylic acids is 2. The van der Waals surface area contributed by atoms with Gasteiger partial charge in [-0.1, -0.05) is 74.2 Å². The maximum atomic E-state index is 13.0. The molecule has 154 valence electrons. The van der Waals surface area contributed by atoms with Crippen LogP contribution in [0.5, 0.6) is 0 Å². The molecule has 0 saturated heterocycles. The fraction of sp³-hybridized carbons (Fsp3) is 0.280. The summed E-state index contributed by atoms with van der Waals surface area (Å²) >= 11 is 0. The number of rotatable bonds is 9. The summed E-state index contributed by atoms with van der Waals surface area (Å²) in [6.07, 6.45) is 8.62. The highest BCUT2D eigenvalue weighted by molar-refractivity contribution is 6.00. The van der Waals surface area contributed by atoms with E-state index in [-0.39, 0.29) is 17.9 Å². The van der Waals surface area contributed by atoms with E-state index in [0.717, 1.165) is 29.3 Å². The summed E-state index contributed by atoms with van der Waals surface area (Å²) in [5.41, 5.74) is 2.25. The Morgan fingerprint density at radius 2 is 1.80 bits per heavy atom. The number of para-hydroxylation sites is 1. The van der Waals surface area contributed by atoms with Gasteiger partial charge >= 0.3 is 0 Å². The van der Waals surface area contributed by atoms with Gasteiger partial charge in [-0.3, -0.25) is 9.59 Å². The largest absolute Gasteiger partial charge is 0.351 e. The Kier molecular flexibility index (Phi) is 7.29. The highest BCUT2D eigenvalue weighted by atomic mass is 16.2. The second-order valence-electron chi connectivity index (χ2n) is 7.36. The predicted molar refractivity (Wildman–Crippen MR) is 120 cm³/mol. The molecule has 0 radical (unpaired) electrons. The van der Waals surface area contributed by atoms with Crippen LogP contribution in [-0.2, 0) is 11.2 Å². The molecule has 5 heteroatoms. The third-order valence-electron chi connectivity index (χ3n) is 5.04. The molecule has 0 unspecified atom stereocenters. The third kappa shape index (κ3) is 5.51. The molecule has 3 N–H and O–H groups in total. The standard InChI is InChI=1S/C25H27N3O2/c1-3-5-14-20(4-2)26-24(29)22(16-18-11-7-6-8-12-18)28-25(30)23-17-19-13-9-10-15-21(19)27-23/h2,6-13,15,17,20,22,27H,3,5,14,16H2,1H3,(H,26,29)(H,28,30)/t20-,22+/m1/s1. The second kappa shape index (κ2) is 10.3. The van der Waals surface area contributed by atoms with E-state index >= 15 is 0 Å². The number of nitrogens with one attached hydrogen (secondary N) is 3. The van der Waals surface area contributed by atoms with Crippen LogP contribution >= 0.6 is 0 Å². The molecule has 0 fully saturated rings. The summed E-state index contributed by atoms with van der Waals surface area (Å²) in [4.78, 5) is 29.0. The first-order valence-electron chi connectivity index (χ1n) is 10.3. The summed E-state index contributed by atoms with van der Waals surface area (Å²) in [6, 6.07) is 18.0. The lowest BCUT2D eigenvalue weighted by molar-refractivity contribution is -0.123. The number of carbonyl (C=O) groups is 2. The van der Waals surface area contributed by atoms with Crippen LogP contribution in [0.15, 0.2) is 60.7 Å². The van der Waals surface area contributed by atoms with Crippen molar-refractivity contribution in [3.05, 3.63) is 71.9 Å². The van der Waals surface area contributed by atoms with Gasteiger partial charge in [0.25, 0.3) is 5.91 Å². The van der Waals surface area contributed by atoms with Crippen molar-refractivity contribution < 1.29 is 9.59 Å². The van der Waals surface area contributed by atoms with Crippen LogP contribution in [0.25, 0.3) is 10.9 Å². The van der Waals surface area contributed by atoms with E-state index in [4.69, 9.17) is 6.42 Å². The van der Waals surface area contributed by atoms with Gasteiger partial charge in [-0.2, -0.15) is 0 Å². The normalized spacial score (nSPS) is 12.7. The van der Waals surface area contributed by atoms with E-state index in [1.807, 2.05) is 54.6 Å². The van der Waals surface area contributed by atoms with Crippen molar-refractivity contribution in [1.29, 1.82) is 0 Å². The zero-order valence-electron chi connectivity index (χ0n) is 17.2. The Morgan fingerprint density at radius 1 is 1.07 bits per heavy atom. The monoisotopic (exact) mass is 401 g/mol. The van der Waals surface area contributed by atoms with Crippen molar-refractivity contribution in [2.75, 3.05) is 0 Å². The molecule has 0 spiro atoms. The van der Waals surface area contributed by atoms with Crippen molar-refractivity contribution in [3.63, 3.8) is 0 Å².